The van der Waals surface area contributed by atoms with Crippen LogP contribution in [0.15, 0.2) is 16.3 Å². The van der Waals surface area contributed by atoms with E-state index in [4.69, 9.17) is 5.11 Å². The standard InChI is InChI=1S/C13H19NO4S2/c1-9-2-7-12(19-9)20(17,18)14-8-10-3-5-11(6-4-10)13(15)16/h2,7,10-11,14H,3-6,8H2,1H3,(H,15,16). The zero-order chi connectivity index (χ0) is 14.8. The lowest BCUT2D eigenvalue weighted by Gasteiger charge is -2.25. The molecular weight excluding hydrogens is 298 g/mol. The Hall–Kier alpha value is -0.920. The molecule has 0 bridgehead atoms. The van der Waals surface area contributed by atoms with Crippen molar-refractivity contribution in [3.63, 3.8) is 0 Å². The molecule has 0 aromatic carbocycles. The molecule has 0 atom stereocenters. The Labute approximate surface area is 123 Å². The second-order valence-electron chi connectivity index (χ2n) is 5.27. The van der Waals surface area contributed by atoms with Gasteiger partial charge in [-0.25, -0.2) is 13.1 Å². The number of aryl methyl sites for hydroxylation is 1. The van der Waals surface area contributed by atoms with E-state index in [-0.39, 0.29) is 11.8 Å². The van der Waals surface area contributed by atoms with E-state index in [9.17, 15) is 13.2 Å². The number of hydrogen-bond acceptors (Lipinski definition) is 4. The fourth-order valence-corrected chi connectivity index (χ4v) is 4.91. The Bertz CT molecular complexity index is 571. The Morgan fingerprint density at radius 1 is 1.35 bits per heavy atom. The molecule has 5 nitrogen and oxygen atoms in total. The van der Waals surface area contributed by atoms with Gasteiger partial charge in [-0.3, -0.25) is 4.79 Å². The SMILES string of the molecule is Cc1ccc(S(=O)(=O)NCC2CCC(C(=O)O)CC2)s1. The van der Waals surface area contributed by atoms with Gasteiger partial charge in [-0.2, -0.15) is 0 Å². The molecule has 2 N–H and O–H groups in total. The summed E-state index contributed by atoms with van der Waals surface area (Å²) in [6, 6.07) is 3.40. The summed E-state index contributed by atoms with van der Waals surface area (Å²) in [5, 5.41) is 8.92. The van der Waals surface area contributed by atoms with Crippen LogP contribution in [-0.4, -0.2) is 26.0 Å². The molecule has 1 aliphatic carbocycles. The van der Waals surface area contributed by atoms with E-state index in [0.717, 1.165) is 17.7 Å². The molecule has 0 radical (unpaired) electrons. The van der Waals surface area contributed by atoms with Crippen LogP contribution in [0.5, 0.6) is 0 Å². The fourth-order valence-electron chi connectivity index (χ4n) is 2.47. The maximum absolute atomic E-state index is 12.1. The van der Waals surface area contributed by atoms with Gasteiger partial charge in [-0.15, -0.1) is 11.3 Å². The molecule has 20 heavy (non-hydrogen) atoms. The van der Waals surface area contributed by atoms with Gasteiger partial charge in [0, 0.05) is 11.4 Å². The van der Waals surface area contributed by atoms with Gasteiger partial charge >= 0.3 is 5.97 Å². The molecular formula is C13H19NO4S2. The highest BCUT2D eigenvalue weighted by atomic mass is 32.2. The first-order chi connectivity index (χ1) is 9.38. The van der Waals surface area contributed by atoms with Gasteiger partial charge < -0.3 is 5.11 Å². The molecule has 1 saturated carbocycles. The number of carbonyl (C=O) groups is 1. The highest BCUT2D eigenvalue weighted by Crippen LogP contribution is 2.29. The van der Waals surface area contributed by atoms with E-state index in [1.807, 2.05) is 6.92 Å². The van der Waals surface area contributed by atoms with Gasteiger partial charge in [0.05, 0.1) is 5.92 Å². The monoisotopic (exact) mass is 317 g/mol. The van der Waals surface area contributed by atoms with Gasteiger partial charge in [0.15, 0.2) is 0 Å². The Balaban J connectivity index is 1.86. The zero-order valence-electron chi connectivity index (χ0n) is 11.3. The van der Waals surface area contributed by atoms with Crippen molar-refractivity contribution in [2.24, 2.45) is 11.8 Å². The van der Waals surface area contributed by atoms with Crippen LogP contribution in [0.4, 0.5) is 0 Å². The quantitative estimate of drug-likeness (QED) is 0.872. The second kappa shape index (κ2) is 6.24. The van der Waals surface area contributed by atoms with Gasteiger partial charge in [0.25, 0.3) is 0 Å². The molecule has 0 amide bonds. The highest BCUT2D eigenvalue weighted by molar-refractivity contribution is 7.91. The highest BCUT2D eigenvalue weighted by Gasteiger charge is 2.27. The van der Waals surface area contributed by atoms with E-state index in [2.05, 4.69) is 4.72 Å². The largest absolute Gasteiger partial charge is 0.481 e. The Kier molecular flexibility index (Phi) is 4.82. The van der Waals surface area contributed by atoms with Crippen LogP contribution < -0.4 is 4.72 Å². The Morgan fingerprint density at radius 2 is 2.00 bits per heavy atom. The lowest BCUT2D eigenvalue weighted by Crippen LogP contribution is -2.32. The number of nitrogens with one attached hydrogen (secondary N) is 1. The van der Waals surface area contributed by atoms with Crippen molar-refractivity contribution < 1.29 is 18.3 Å². The Morgan fingerprint density at radius 3 is 2.50 bits per heavy atom. The number of carboxylic acids is 1. The van der Waals surface area contributed by atoms with Gasteiger partial charge in [-0.05, 0) is 50.7 Å². The summed E-state index contributed by atoms with van der Waals surface area (Å²) in [5.74, 6) is -0.762. The molecule has 112 valence electrons. The molecule has 1 aromatic rings. The van der Waals surface area contributed by atoms with Crippen LogP contribution >= 0.6 is 11.3 Å². The van der Waals surface area contributed by atoms with Crippen LogP contribution in [0, 0.1) is 18.8 Å². The van der Waals surface area contributed by atoms with Crippen LogP contribution in [-0.2, 0) is 14.8 Å². The molecule has 1 aromatic heterocycles. The molecule has 2 rings (SSSR count). The average molecular weight is 317 g/mol. The third kappa shape index (κ3) is 3.80. The predicted octanol–water partition coefficient (Wildman–Crippen LogP) is 2.23. The number of rotatable bonds is 5. The van der Waals surface area contributed by atoms with E-state index >= 15 is 0 Å². The smallest absolute Gasteiger partial charge is 0.306 e. The first kappa shape index (κ1) is 15.5. The number of thiophene rings is 1. The first-order valence-corrected chi connectivity index (χ1v) is 8.97. The van der Waals surface area contributed by atoms with Crippen molar-refractivity contribution in [3.05, 3.63) is 17.0 Å². The maximum atomic E-state index is 12.1. The predicted molar refractivity (Wildman–Crippen MR) is 77.3 cm³/mol. The lowest BCUT2D eigenvalue weighted by molar-refractivity contribution is -0.143. The van der Waals surface area contributed by atoms with Crippen molar-refractivity contribution in [3.8, 4) is 0 Å². The van der Waals surface area contributed by atoms with E-state index in [1.54, 1.807) is 12.1 Å². The number of sulfonamides is 1. The average Bonchev–Trinajstić information content (AvgIpc) is 2.84. The van der Waals surface area contributed by atoms with Crippen molar-refractivity contribution in [1.29, 1.82) is 0 Å². The molecule has 1 aliphatic rings. The molecule has 1 heterocycles. The minimum atomic E-state index is -3.42. The normalized spacial score (nSPS) is 23.6. The van der Waals surface area contributed by atoms with Crippen molar-refractivity contribution in [2.45, 2.75) is 36.8 Å². The number of aliphatic carboxylic acids is 1. The first-order valence-electron chi connectivity index (χ1n) is 6.67. The van der Waals surface area contributed by atoms with Gasteiger partial charge in [0.2, 0.25) is 10.0 Å². The van der Waals surface area contributed by atoms with Crippen molar-refractivity contribution >= 4 is 27.3 Å². The molecule has 1 fully saturated rings. The van der Waals surface area contributed by atoms with Crippen LogP contribution in [0.25, 0.3) is 0 Å². The van der Waals surface area contributed by atoms with Gasteiger partial charge in [-0.1, -0.05) is 0 Å². The van der Waals surface area contributed by atoms with E-state index in [0.29, 0.717) is 23.6 Å². The molecule has 0 saturated heterocycles. The molecule has 0 unspecified atom stereocenters. The maximum Gasteiger partial charge on any atom is 0.306 e. The van der Waals surface area contributed by atoms with Crippen LogP contribution in [0.1, 0.15) is 30.6 Å². The second-order valence-corrected chi connectivity index (χ2v) is 8.55. The van der Waals surface area contributed by atoms with Crippen molar-refractivity contribution in [2.75, 3.05) is 6.54 Å². The summed E-state index contributed by atoms with van der Waals surface area (Å²) in [6.07, 6.45) is 2.81. The zero-order valence-corrected chi connectivity index (χ0v) is 13.0. The van der Waals surface area contributed by atoms with Crippen LogP contribution in [0.2, 0.25) is 0 Å². The fraction of sp³-hybridized carbons (Fsp3) is 0.615. The molecule has 0 aliphatic heterocycles. The number of hydrogen-bond donors (Lipinski definition) is 2. The molecule has 7 heteroatoms. The van der Waals surface area contributed by atoms with Gasteiger partial charge in [0.1, 0.15) is 4.21 Å². The minimum absolute atomic E-state index is 0.237. The van der Waals surface area contributed by atoms with Crippen LogP contribution in [0.3, 0.4) is 0 Å². The third-order valence-corrected chi connectivity index (χ3v) is 6.65. The van der Waals surface area contributed by atoms with Crippen molar-refractivity contribution in [1.82, 2.24) is 4.72 Å². The van der Waals surface area contributed by atoms with E-state index in [1.165, 1.54) is 11.3 Å². The summed E-state index contributed by atoms with van der Waals surface area (Å²) in [6.45, 7) is 2.27. The lowest BCUT2D eigenvalue weighted by atomic mass is 9.82. The minimum Gasteiger partial charge on any atom is -0.481 e. The summed E-state index contributed by atoms with van der Waals surface area (Å²) in [5.41, 5.74) is 0. The molecule has 0 spiro atoms. The topological polar surface area (TPSA) is 83.5 Å². The summed E-state index contributed by atoms with van der Waals surface area (Å²) < 4.78 is 27.1. The third-order valence-electron chi connectivity index (χ3n) is 3.74. The summed E-state index contributed by atoms with van der Waals surface area (Å²) in [4.78, 5) is 11.8. The number of carboxylic acid groups (broad SMARTS) is 1. The summed E-state index contributed by atoms with van der Waals surface area (Å²) >= 11 is 1.26. The summed E-state index contributed by atoms with van der Waals surface area (Å²) in [7, 11) is -3.42. The van der Waals surface area contributed by atoms with E-state index < -0.39 is 16.0 Å².